The topological polar surface area (TPSA) is 36.4 Å². The average molecular weight is 281 g/mol. The van der Waals surface area contributed by atoms with Crippen LogP contribution in [0, 0.1) is 12.3 Å². The number of rotatable bonds is 1. The van der Waals surface area contributed by atoms with Gasteiger partial charge in [-0.3, -0.25) is 4.79 Å². The number of hydrogen-bond acceptors (Lipinski definition) is 4. The summed E-state index contributed by atoms with van der Waals surface area (Å²) < 4.78 is 0. The molecule has 1 saturated heterocycles. The van der Waals surface area contributed by atoms with Gasteiger partial charge in [-0.15, -0.1) is 11.3 Å². The minimum absolute atomic E-state index is 0.254. The lowest BCUT2D eigenvalue weighted by atomic mass is 9.94. The molecule has 5 heteroatoms. The number of anilines is 1. The molecule has 1 aliphatic rings. The summed E-state index contributed by atoms with van der Waals surface area (Å²) >= 11 is 1.73. The van der Waals surface area contributed by atoms with Crippen LogP contribution in [-0.4, -0.2) is 42.0 Å². The predicted octanol–water partition coefficient (Wildman–Crippen LogP) is 2.54. The molecule has 2 heterocycles. The minimum atomic E-state index is -0.285. The third-order valence-electron chi connectivity index (χ3n) is 3.30. The van der Waals surface area contributed by atoms with Crippen molar-refractivity contribution >= 4 is 22.4 Å². The van der Waals surface area contributed by atoms with Crippen molar-refractivity contribution in [1.29, 1.82) is 0 Å². The quantitative estimate of drug-likeness (QED) is 0.793. The highest BCUT2D eigenvalue weighted by molar-refractivity contribution is 7.15. The number of amides is 1. The fraction of sp³-hybridized carbons (Fsp3) is 0.714. The molecule has 0 bridgehead atoms. The van der Waals surface area contributed by atoms with E-state index in [4.69, 9.17) is 0 Å². The molecule has 106 valence electrons. The van der Waals surface area contributed by atoms with E-state index < -0.39 is 0 Å². The predicted molar refractivity (Wildman–Crippen MR) is 79.7 cm³/mol. The maximum absolute atomic E-state index is 12.3. The molecule has 0 aliphatic carbocycles. The summed E-state index contributed by atoms with van der Waals surface area (Å²) in [6.45, 7) is 11.6. The van der Waals surface area contributed by atoms with Crippen LogP contribution in [0.3, 0.4) is 0 Å². The normalized spacial score (nSPS) is 17.5. The van der Waals surface area contributed by atoms with Gasteiger partial charge in [0.25, 0.3) is 0 Å². The highest BCUT2D eigenvalue weighted by Gasteiger charge is 2.28. The molecular formula is C14H23N3OS. The number of aryl methyl sites for hydroxylation is 1. The zero-order valence-corrected chi connectivity index (χ0v) is 13.1. The second-order valence-corrected chi connectivity index (χ2v) is 7.35. The Morgan fingerprint density at radius 3 is 2.58 bits per heavy atom. The SMILES string of the molecule is Cc1cnc(N2CCCN(C(=O)C(C)(C)C)CC2)s1. The van der Waals surface area contributed by atoms with Crippen LogP contribution in [0.2, 0.25) is 0 Å². The van der Waals surface area contributed by atoms with Gasteiger partial charge < -0.3 is 9.80 Å². The Hall–Kier alpha value is -1.10. The Bertz CT molecular complexity index is 450. The van der Waals surface area contributed by atoms with Gasteiger partial charge in [0.2, 0.25) is 5.91 Å². The Labute approximate surface area is 119 Å². The number of hydrogen-bond donors (Lipinski definition) is 0. The van der Waals surface area contributed by atoms with E-state index in [2.05, 4.69) is 16.8 Å². The molecule has 2 rings (SSSR count). The summed E-state index contributed by atoms with van der Waals surface area (Å²) in [7, 11) is 0. The van der Waals surface area contributed by atoms with Crippen LogP contribution < -0.4 is 4.90 Å². The van der Waals surface area contributed by atoms with Gasteiger partial charge in [0.1, 0.15) is 0 Å². The zero-order valence-electron chi connectivity index (χ0n) is 12.3. The minimum Gasteiger partial charge on any atom is -0.346 e. The lowest BCUT2D eigenvalue weighted by Crippen LogP contribution is -2.41. The van der Waals surface area contributed by atoms with E-state index in [9.17, 15) is 4.79 Å². The van der Waals surface area contributed by atoms with Gasteiger partial charge in [0.05, 0.1) is 0 Å². The number of aromatic nitrogens is 1. The molecule has 4 nitrogen and oxygen atoms in total. The summed E-state index contributed by atoms with van der Waals surface area (Å²) in [6, 6.07) is 0. The first kappa shape index (κ1) is 14.3. The van der Waals surface area contributed by atoms with Crippen molar-refractivity contribution < 1.29 is 4.79 Å². The van der Waals surface area contributed by atoms with E-state index in [1.807, 2.05) is 31.9 Å². The molecular weight excluding hydrogens is 258 g/mol. The Balaban J connectivity index is 2.01. The monoisotopic (exact) mass is 281 g/mol. The summed E-state index contributed by atoms with van der Waals surface area (Å²) in [5, 5.41) is 1.09. The van der Waals surface area contributed by atoms with Crippen LogP contribution in [0.1, 0.15) is 32.1 Å². The van der Waals surface area contributed by atoms with Crippen LogP contribution in [0.15, 0.2) is 6.20 Å². The molecule has 0 unspecified atom stereocenters. The molecule has 0 spiro atoms. The van der Waals surface area contributed by atoms with Crippen LogP contribution in [0.5, 0.6) is 0 Å². The van der Waals surface area contributed by atoms with Crippen molar-refractivity contribution in [2.45, 2.75) is 34.1 Å². The zero-order chi connectivity index (χ0) is 14.0. The van der Waals surface area contributed by atoms with Gasteiger partial charge in [-0.2, -0.15) is 0 Å². The summed E-state index contributed by atoms with van der Waals surface area (Å²) in [6.07, 6.45) is 2.93. The summed E-state index contributed by atoms with van der Waals surface area (Å²) in [5.74, 6) is 0.254. The Morgan fingerprint density at radius 1 is 1.26 bits per heavy atom. The van der Waals surface area contributed by atoms with Crippen molar-refractivity contribution in [1.82, 2.24) is 9.88 Å². The summed E-state index contributed by atoms with van der Waals surface area (Å²) in [4.78, 5) is 22.3. The Morgan fingerprint density at radius 2 is 2.00 bits per heavy atom. The largest absolute Gasteiger partial charge is 0.346 e. The molecule has 1 aromatic heterocycles. The number of carbonyl (C=O) groups is 1. The van der Waals surface area contributed by atoms with Crippen molar-refractivity contribution in [2.75, 3.05) is 31.1 Å². The highest BCUT2D eigenvalue weighted by atomic mass is 32.1. The fourth-order valence-corrected chi connectivity index (χ4v) is 3.09. The third-order valence-corrected chi connectivity index (χ3v) is 4.28. The lowest BCUT2D eigenvalue weighted by Gasteiger charge is -2.28. The van der Waals surface area contributed by atoms with E-state index in [-0.39, 0.29) is 11.3 Å². The molecule has 1 aromatic rings. The highest BCUT2D eigenvalue weighted by Crippen LogP contribution is 2.24. The van der Waals surface area contributed by atoms with Gasteiger partial charge in [-0.1, -0.05) is 20.8 Å². The first-order valence-electron chi connectivity index (χ1n) is 6.84. The molecule has 1 fully saturated rings. The van der Waals surface area contributed by atoms with E-state index in [1.54, 1.807) is 11.3 Å². The lowest BCUT2D eigenvalue weighted by molar-refractivity contribution is -0.139. The van der Waals surface area contributed by atoms with Crippen LogP contribution in [-0.2, 0) is 4.79 Å². The smallest absolute Gasteiger partial charge is 0.228 e. The second kappa shape index (κ2) is 5.49. The van der Waals surface area contributed by atoms with Crippen molar-refractivity contribution in [3.05, 3.63) is 11.1 Å². The molecule has 0 aromatic carbocycles. The first-order valence-corrected chi connectivity index (χ1v) is 7.66. The molecule has 0 radical (unpaired) electrons. The van der Waals surface area contributed by atoms with Gasteiger partial charge >= 0.3 is 0 Å². The standard InChI is InChI=1S/C14H23N3OS/c1-11-10-15-13(19-11)17-7-5-6-16(8-9-17)12(18)14(2,3)4/h10H,5-9H2,1-4H3. The van der Waals surface area contributed by atoms with Crippen molar-refractivity contribution in [2.24, 2.45) is 5.41 Å². The molecule has 0 N–H and O–H groups in total. The molecule has 0 atom stereocenters. The van der Waals surface area contributed by atoms with Crippen LogP contribution >= 0.6 is 11.3 Å². The van der Waals surface area contributed by atoms with E-state index in [0.717, 1.165) is 37.7 Å². The first-order chi connectivity index (χ1) is 8.88. The number of thiazole rings is 1. The van der Waals surface area contributed by atoms with E-state index in [1.165, 1.54) is 4.88 Å². The fourth-order valence-electron chi connectivity index (χ4n) is 2.28. The van der Waals surface area contributed by atoms with Gasteiger partial charge in [-0.25, -0.2) is 4.98 Å². The van der Waals surface area contributed by atoms with Gasteiger partial charge in [0, 0.05) is 42.7 Å². The van der Waals surface area contributed by atoms with Gasteiger partial charge in [0.15, 0.2) is 5.13 Å². The Kier molecular flexibility index (Phi) is 4.13. The van der Waals surface area contributed by atoms with Gasteiger partial charge in [-0.05, 0) is 13.3 Å². The third kappa shape index (κ3) is 3.47. The molecule has 19 heavy (non-hydrogen) atoms. The van der Waals surface area contributed by atoms with E-state index >= 15 is 0 Å². The molecule has 1 aliphatic heterocycles. The maximum atomic E-state index is 12.3. The number of nitrogens with zero attached hydrogens (tertiary/aromatic N) is 3. The van der Waals surface area contributed by atoms with Crippen LogP contribution in [0.4, 0.5) is 5.13 Å². The summed E-state index contributed by atoms with van der Waals surface area (Å²) in [5.41, 5.74) is -0.285. The molecule has 0 saturated carbocycles. The van der Waals surface area contributed by atoms with Crippen molar-refractivity contribution in [3.8, 4) is 0 Å². The number of carbonyl (C=O) groups excluding carboxylic acids is 1. The maximum Gasteiger partial charge on any atom is 0.228 e. The van der Waals surface area contributed by atoms with Crippen molar-refractivity contribution in [3.63, 3.8) is 0 Å². The average Bonchev–Trinajstić information content (AvgIpc) is 2.63. The van der Waals surface area contributed by atoms with E-state index in [0.29, 0.717) is 0 Å². The molecule has 1 amide bonds. The second-order valence-electron chi connectivity index (χ2n) is 6.14. The van der Waals surface area contributed by atoms with Crippen LogP contribution in [0.25, 0.3) is 0 Å².